The van der Waals surface area contributed by atoms with E-state index in [0.29, 0.717) is 37.6 Å². The van der Waals surface area contributed by atoms with Crippen molar-refractivity contribution in [3.8, 4) is 5.75 Å². The zero-order valence-corrected chi connectivity index (χ0v) is 14.9. The number of rotatable bonds is 5. The molecule has 1 heterocycles. The summed E-state index contributed by atoms with van der Waals surface area (Å²) in [6.45, 7) is 1.93. The normalized spacial score (nSPS) is 16.8. The third kappa shape index (κ3) is 4.65. The van der Waals surface area contributed by atoms with Gasteiger partial charge in [-0.3, -0.25) is 9.59 Å². The predicted molar refractivity (Wildman–Crippen MR) is 95.9 cm³/mol. The molecule has 0 atom stereocenters. The van der Waals surface area contributed by atoms with Gasteiger partial charge in [0.05, 0.1) is 0 Å². The van der Waals surface area contributed by atoms with E-state index in [2.05, 4.69) is 10.6 Å². The largest absolute Gasteiger partial charge is 0.484 e. The van der Waals surface area contributed by atoms with Gasteiger partial charge in [-0.2, -0.15) is 0 Å². The fraction of sp³-hybridized carbons (Fsp3) is 0.500. The minimum absolute atomic E-state index is 0.0345. The van der Waals surface area contributed by atoms with Crippen molar-refractivity contribution in [3.63, 3.8) is 0 Å². The van der Waals surface area contributed by atoms with Crippen LogP contribution in [0.25, 0.3) is 0 Å². The van der Waals surface area contributed by atoms with Crippen molar-refractivity contribution in [1.82, 2.24) is 15.1 Å². The van der Waals surface area contributed by atoms with E-state index in [4.69, 9.17) is 4.74 Å². The van der Waals surface area contributed by atoms with Gasteiger partial charge in [-0.1, -0.05) is 6.07 Å². The quantitative estimate of drug-likeness (QED) is 0.816. The minimum Gasteiger partial charge on any atom is -0.484 e. The van der Waals surface area contributed by atoms with Crippen molar-refractivity contribution >= 4 is 23.5 Å². The third-order valence-corrected chi connectivity index (χ3v) is 4.55. The summed E-state index contributed by atoms with van der Waals surface area (Å²) >= 11 is 0. The number of anilines is 1. The maximum atomic E-state index is 12.3. The van der Waals surface area contributed by atoms with E-state index in [1.165, 1.54) is 0 Å². The number of carbonyl (C=O) groups excluding carboxylic acids is 3. The topological polar surface area (TPSA) is 91.0 Å². The Morgan fingerprint density at radius 3 is 2.46 bits per heavy atom. The zero-order chi connectivity index (χ0) is 18.5. The number of ether oxygens (including phenoxy) is 1. The van der Waals surface area contributed by atoms with E-state index in [9.17, 15) is 14.4 Å². The average molecular weight is 360 g/mol. The van der Waals surface area contributed by atoms with Crippen molar-refractivity contribution in [1.29, 1.82) is 0 Å². The van der Waals surface area contributed by atoms with Crippen LogP contribution in [0, 0.1) is 5.92 Å². The number of urea groups is 1. The fourth-order valence-corrected chi connectivity index (χ4v) is 2.81. The third-order valence-electron chi connectivity index (χ3n) is 4.55. The van der Waals surface area contributed by atoms with Crippen LogP contribution in [0.3, 0.4) is 0 Å². The fourth-order valence-electron chi connectivity index (χ4n) is 2.81. The van der Waals surface area contributed by atoms with Gasteiger partial charge in [0.15, 0.2) is 6.61 Å². The van der Waals surface area contributed by atoms with Crippen LogP contribution in [0.4, 0.5) is 10.5 Å². The lowest BCUT2D eigenvalue weighted by Crippen LogP contribution is -2.53. The van der Waals surface area contributed by atoms with E-state index in [-0.39, 0.29) is 30.4 Å². The van der Waals surface area contributed by atoms with Crippen LogP contribution < -0.4 is 15.4 Å². The zero-order valence-electron chi connectivity index (χ0n) is 14.9. The molecule has 1 saturated carbocycles. The number of nitrogens with zero attached hydrogens (tertiary/aromatic N) is 2. The van der Waals surface area contributed by atoms with E-state index < -0.39 is 0 Å². The van der Waals surface area contributed by atoms with Gasteiger partial charge in [-0.05, 0) is 25.0 Å². The predicted octanol–water partition coefficient (Wildman–Crippen LogP) is 0.897. The molecule has 4 amide bonds. The number of carbonyl (C=O) groups is 3. The summed E-state index contributed by atoms with van der Waals surface area (Å²) in [5.41, 5.74) is 0.672. The van der Waals surface area contributed by atoms with E-state index in [1.54, 1.807) is 41.1 Å². The van der Waals surface area contributed by atoms with E-state index >= 15 is 0 Å². The number of hydrogen-bond acceptors (Lipinski definition) is 4. The first kappa shape index (κ1) is 18.0. The Kier molecular flexibility index (Phi) is 5.60. The van der Waals surface area contributed by atoms with Crippen molar-refractivity contribution in [2.45, 2.75) is 12.8 Å². The Bertz CT molecular complexity index is 682. The monoisotopic (exact) mass is 360 g/mol. The van der Waals surface area contributed by atoms with Gasteiger partial charge in [0.1, 0.15) is 5.75 Å². The molecule has 2 aliphatic rings. The number of amides is 4. The molecule has 1 aromatic carbocycles. The summed E-state index contributed by atoms with van der Waals surface area (Å²) in [6, 6.07) is 6.93. The SMILES string of the molecule is CNC(=O)N1CCN(C(=O)COc2cccc(NC(=O)C3CC3)c2)CC1. The molecule has 0 spiro atoms. The van der Waals surface area contributed by atoms with Crippen LogP contribution in [0.1, 0.15) is 12.8 Å². The Morgan fingerprint density at radius 2 is 1.81 bits per heavy atom. The molecule has 1 aromatic rings. The molecular weight excluding hydrogens is 336 g/mol. The van der Waals surface area contributed by atoms with Crippen molar-refractivity contribution in [2.75, 3.05) is 45.2 Å². The molecule has 0 aromatic heterocycles. The Labute approximate surface area is 152 Å². The molecule has 0 bridgehead atoms. The summed E-state index contributed by atoms with van der Waals surface area (Å²) in [6.07, 6.45) is 1.90. The van der Waals surface area contributed by atoms with Crippen LogP contribution in [-0.2, 0) is 9.59 Å². The summed E-state index contributed by atoms with van der Waals surface area (Å²) < 4.78 is 5.58. The smallest absolute Gasteiger partial charge is 0.317 e. The van der Waals surface area contributed by atoms with Crippen LogP contribution in [-0.4, -0.2) is 67.5 Å². The van der Waals surface area contributed by atoms with Gasteiger partial charge in [-0.15, -0.1) is 0 Å². The van der Waals surface area contributed by atoms with Crippen molar-refractivity contribution in [3.05, 3.63) is 24.3 Å². The van der Waals surface area contributed by atoms with Crippen molar-refractivity contribution < 1.29 is 19.1 Å². The molecule has 140 valence electrons. The molecule has 2 N–H and O–H groups in total. The first-order chi connectivity index (χ1) is 12.6. The summed E-state index contributed by atoms with van der Waals surface area (Å²) in [4.78, 5) is 39.0. The number of hydrogen-bond donors (Lipinski definition) is 2. The molecule has 1 saturated heterocycles. The van der Waals surface area contributed by atoms with Gasteiger partial charge in [0.25, 0.3) is 5.91 Å². The van der Waals surface area contributed by atoms with E-state index in [0.717, 1.165) is 12.8 Å². The molecule has 1 aliphatic carbocycles. The molecule has 8 heteroatoms. The Balaban J connectivity index is 1.46. The molecule has 2 fully saturated rings. The Hall–Kier alpha value is -2.77. The maximum absolute atomic E-state index is 12.3. The molecule has 3 rings (SSSR count). The van der Waals surface area contributed by atoms with Gasteiger partial charge in [0, 0.05) is 50.9 Å². The number of nitrogens with one attached hydrogen (secondary N) is 2. The second kappa shape index (κ2) is 8.07. The first-order valence-corrected chi connectivity index (χ1v) is 8.85. The van der Waals surface area contributed by atoms with Gasteiger partial charge < -0.3 is 25.2 Å². The summed E-state index contributed by atoms with van der Waals surface area (Å²) in [7, 11) is 1.59. The maximum Gasteiger partial charge on any atom is 0.317 e. The number of piperazine rings is 1. The second-order valence-corrected chi connectivity index (χ2v) is 6.50. The highest BCUT2D eigenvalue weighted by atomic mass is 16.5. The molecular formula is C18H24N4O4. The van der Waals surface area contributed by atoms with Crippen LogP contribution >= 0.6 is 0 Å². The van der Waals surface area contributed by atoms with E-state index in [1.807, 2.05) is 0 Å². The van der Waals surface area contributed by atoms with Crippen LogP contribution in [0.2, 0.25) is 0 Å². The highest BCUT2D eigenvalue weighted by Gasteiger charge is 2.29. The summed E-state index contributed by atoms with van der Waals surface area (Å²) in [5.74, 6) is 0.590. The van der Waals surface area contributed by atoms with Gasteiger partial charge in [0.2, 0.25) is 5.91 Å². The lowest BCUT2D eigenvalue weighted by molar-refractivity contribution is -0.134. The van der Waals surface area contributed by atoms with Gasteiger partial charge >= 0.3 is 6.03 Å². The number of benzene rings is 1. The average Bonchev–Trinajstić information content (AvgIpc) is 3.51. The highest BCUT2D eigenvalue weighted by Crippen LogP contribution is 2.30. The molecule has 0 unspecified atom stereocenters. The van der Waals surface area contributed by atoms with Crippen LogP contribution in [0.15, 0.2) is 24.3 Å². The second-order valence-electron chi connectivity index (χ2n) is 6.50. The van der Waals surface area contributed by atoms with Crippen LogP contribution in [0.5, 0.6) is 5.75 Å². The highest BCUT2D eigenvalue weighted by molar-refractivity contribution is 5.94. The molecule has 8 nitrogen and oxygen atoms in total. The molecule has 0 radical (unpaired) electrons. The molecule has 1 aliphatic heterocycles. The van der Waals surface area contributed by atoms with Gasteiger partial charge in [-0.25, -0.2) is 4.79 Å². The minimum atomic E-state index is -0.126. The molecule has 26 heavy (non-hydrogen) atoms. The lowest BCUT2D eigenvalue weighted by atomic mass is 10.3. The standard InChI is InChI=1S/C18H24N4O4/c1-19-18(25)22-9-7-21(8-10-22)16(23)12-26-15-4-2-3-14(11-15)20-17(24)13-5-6-13/h2-4,11,13H,5-10,12H2,1H3,(H,19,25)(H,20,24). The Morgan fingerprint density at radius 1 is 1.12 bits per heavy atom. The lowest BCUT2D eigenvalue weighted by Gasteiger charge is -2.34. The first-order valence-electron chi connectivity index (χ1n) is 8.85. The van der Waals surface area contributed by atoms with Crippen molar-refractivity contribution in [2.24, 2.45) is 5.92 Å². The summed E-state index contributed by atoms with van der Waals surface area (Å²) in [5, 5.41) is 5.44.